The molecule has 0 saturated heterocycles. The first kappa shape index (κ1) is 52.1. The number of anilines is 6. The number of hydrogen-bond acceptors (Lipinski definition) is 6. The van der Waals surface area contributed by atoms with Gasteiger partial charge in [0.25, 0.3) is 0 Å². The summed E-state index contributed by atoms with van der Waals surface area (Å²) in [6.45, 7) is 0. The minimum Gasteiger partial charge on any atom is -0.497 e. The van der Waals surface area contributed by atoms with E-state index in [1.54, 1.807) is 119 Å². The zero-order valence-electron chi connectivity index (χ0n) is 39.6. The summed E-state index contributed by atoms with van der Waals surface area (Å²) in [7, 11) is 2.92. The molecular formula is C58H38F12N4O2. The standard InChI is InChI=1S/C58H38F12N4O2/c1-75-53-15-7-35(8-16-53)37-21-39(41-23-43(55(59,60)61)31-44(24-41)56(62,63)64)29-51(27-37)73(49-5-3-19-71-33-49)47-11-13-48(14-12-47)74(50-6-4-20-72-34-50)52-28-38(36-9-17-54(76-2)18-10-36)22-40(30-52)42-25-45(57(65,66)67)32-46(26-42)58(68,69)70/h3-34H,1-2H3. The molecule has 0 N–H and O–H groups in total. The van der Waals surface area contributed by atoms with Gasteiger partial charge < -0.3 is 19.3 Å². The van der Waals surface area contributed by atoms with Crippen LogP contribution in [0, 0.1) is 0 Å². The number of alkyl halides is 12. The van der Waals surface area contributed by atoms with E-state index in [0.29, 0.717) is 80.8 Å². The number of aromatic nitrogens is 2. The van der Waals surface area contributed by atoms with Gasteiger partial charge >= 0.3 is 24.7 Å². The fraction of sp³-hybridized carbons (Fsp3) is 0.103. The molecule has 0 spiro atoms. The van der Waals surface area contributed by atoms with Crippen molar-refractivity contribution in [2.24, 2.45) is 0 Å². The second-order valence-electron chi connectivity index (χ2n) is 17.2. The van der Waals surface area contributed by atoms with Crippen molar-refractivity contribution < 1.29 is 62.2 Å². The summed E-state index contributed by atoms with van der Waals surface area (Å²) in [5.74, 6) is 0.973. The van der Waals surface area contributed by atoms with Crippen LogP contribution < -0.4 is 19.3 Å². The molecule has 6 nitrogen and oxygen atoms in total. The van der Waals surface area contributed by atoms with Gasteiger partial charge in [0.05, 0.1) is 60.2 Å². The number of rotatable bonds is 12. The topological polar surface area (TPSA) is 50.7 Å². The van der Waals surface area contributed by atoms with Crippen molar-refractivity contribution in [1.29, 1.82) is 0 Å². The maximum Gasteiger partial charge on any atom is 0.416 e. The Kier molecular flexibility index (Phi) is 14.0. The molecule has 0 fully saturated rings. The van der Waals surface area contributed by atoms with Gasteiger partial charge in [-0.05, 0) is 190 Å². The van der Waals surface area contributed by atoms with Crippen molar-refractivity contribution in [2.75, 3.05) is 24.0 Å². The van der Waals surface area contributed by atoms with Crippen LogP contribution in [0.15, 0.2) is 195 Å². The number of methoxy groups -OCH3 is 2. The smallest absolute Gasteiger partial charge is 0.416 e. The average molecular weight is 1050 g/mol. The molecule has 2 aromatic heterocycles. The molecular weight excluding hydrogens is 1010 g/mol. The molecule has 0 aliphatic rings. The molecule has 0 atom stereocenters. The highest BCUT2D eigenvalue weighted by Crippen LogP contribution is 2.46. The summed E-state index contributed by atoms with van der Waals surface area (Å²) in [6, 6.07) is 38.7. The summed E-state index contributed by atoms with van der Waals surface area (Å²) in [6.07, 6.45) is -14.5. The van der Waals surface area contributed by atoms with Crippen LogP contribution in [0.1, 0.15) is 22.3 Å². The number of ether oxygens (including phenoxy) is 2. The lowest BCUT2D eigenvalue weighted by molar-refractivity contribution is -0.144. The molecule has 0 unspecified atom stereocenters. The first-order valence-corrected chi connectivity index (χ1v) is 22.7. The fourth-order valence-electron chi connectivity index (χ4n) is 8.57. The maximum atomic E-state index is 14.3. The monoisotopic (exact) mass is 1050 g/mol. The van der Waals surface area contributed by atoms with Crippen molar-refractivity contribution >= 4 is 34.1 Å². The van der Waals surface area contributed by atoms with Crippen molar-refractivity contribution in [3.8, 4) is 56.0 Å². The first-order chi connectivity index (χ1) is 36.0. The lowest BCUT2D eigenvalue weighted by atomic mass is 9.94. The van der Waals surface area contributed by atoms with Gasteiger partial charge in [0.2, 0.25) is 0 Å². The van der Waals surface area contributed by atoms with E-state index >= 15 is 0 Å². The molecule has 0 amide bonds. The van der Waals surface area contributed by atoms with Gasteiger partial charge in [-0.3, -0.25) is 9.97 Å². The molecule has 18 heteroatoms. The minimum absolute atomic E-state index is 0.00357. The second-order valence-corrected chi connectivity index (χ2v) is 17.2. The third-order valence-electron chi connectivity index (χ3n) is 12.2. The van der Waals surface area contributed by atoms with Gasteiger partial charge in [-0.25, -0.2) is 0 Å². The quantitative estimate of drug-likeness (QED) is 0.114. The van der Waals surface area contributed by atoms with E-state index in [2.05, 4.69) is 9.97 Å². The van der Waals surface area contributed by atoms with Gasteiger partial charge in [-0.1, -0.05) is 24.3 Å². The molecule has 76 heavy (non-hydrogen) atoms. The number of halogens is 12. The zero-order chi connectivity index (χ0) is 54.2. The van der Waals surface area contributed by atoms with Crippen LogP contribution in [0.25, 0.3) is 44.5 Å². The number of nitrogens with zero attached hydrogens (tertiary/aromatic N) is 4. The lowest BCUT2D eigenvalue weighted by Gasteiger charge is -2.29. The van der Waals surface area contributed by atoms with Crippen molar-refractivity contribution in [3.63, 3.8) is 0 Å². The Morgan fingerprint density at radius 2 is 0.592 bits per heavy atom. The van der Waals surface area contributed by atoms with Crippen LogP contribution in [-0.4, -0.2) is 24.2 Å². The highest BCUT2D eigenvalue weighted by atomic mass is 19.4. The van der Waals surface area contributed by atoms with E-state index < -0.39 is 47.0 Å². The predicted octanol–water partition coefficient (Wildman–Crippen LogP) is 18.2. The van der Waals surface area contributed by atoms with Gasteiger partial charge in [0.15, 0.2) is 0 Å². The van der Waals surface area contributed by atoms with Crippen molar-refractivity contribution in [1.82, 2.24) is 9.97 Å². The highest BCUT2D eigenvalue weighted by Gasteiger charge is 2.39. The molecule has 2 heterocycles. The van der Waals surface area contributed by atoms with E-state index in [9.17, 15) is 52.7 Å². The van der Waals surface area contributed by atoms with Gasteiger partial charge in [0, 0.05) is 35.1 Å². The summed E-state index contributed by atoms with van der Waals surface area (Å²) in [5, 5.41) is 0. The molecule has 0 bridgehead atoms. The fourth-order valence-corrected chi connectivity index (χ4v) is 8.57. The Balaban J connectivity index is 1.24. The van der Waals surface area contributed by atoms with Crippen LogP contribution >= 0.6 is 0 Å². The van der Waals surface area contributed by atoms with Crippen LogP contribution in [0.5, 0.6) is 11.5 Å². The van der Waals surface area contributed by atoms with E-state index in [1.807, 2.05) is 0 Å². The summed E-state index contributed by atoms with van der Waals surface area (Å²) < 4.78 is 182. The van der Waals surface area contributed by atoms with Crippen molar-refractivity contribution in [2.45, 2.75) is 24.7 Å². The second kappa shape index (κ2) is 20.5. The number of hydrogen-bond donors (Lipinski definition) is 0. The maximum absolute atomic E-state index is 14.3. The molecule has 0 aliphatic carbocycles. The molecule has 9 aromatic rings. The Morgan fingerprint density at radius 1 is 0.303 bits per heavy atom. The summed E-state index contributed by atoms with van der Waals surface area (Å²) in [4.78, 5) is 12.0. The van der Waals surface area contributed by atoms with Crippen LogP contribution in [-0.2, 0) is 24.7 Å². The zero-order valence-corrected chi connectivity index (χ0v) is 39.6. The van der Waals surface area contributed by atoms with E-state index in [-0.39, 0.29) is 45.8 Å². The van der Waals surface area contributed by atoms with Gasteiger partial charge in [0.1, 0.15) is 11.5 Å². The highest BCUT2D eigenvalue weighted by molar-refractivity contribution is 5.88. The van der Waals surface area contributed by atoms with E-state index in [1.165, 1.54) is 63.3 Å². The Morgan fingerprint density at radius 3 is 0.855 bits per heavy atom. The first-order valence-electron chi connectivity index (χ1n) is 22.7. The lowest BCUT2D eigenvalue weighted by Crippen LogP contribution is -2.13. The van der Waals surface area contributed by atoms with Crippen LogP contribution in [0.2, 0.25) is 0 Å². The average Bonchev–Trinajstić information content (AvgIpc) is 3.42. The molecule has 0 aliphatic heterocycles. The van der Waals surface area contributed by atoms with Gasteiger partial charge in [-0.15, -0.1) is 0 Å². The van der Waals surface area contributed by atoms with Crippen molar-refractivity contribution in [3.05, 3.63) is 217 Å². The third-order valence-corrected chi connectivity index (χ3v) is 12.2. The van der Waals surface area contributed by atoms with Crippen LogP contribution in [0.3, 0.4) is 0 Å². The minimum atomic E-state index is -5.13. The SMILES string of the molecule is COc1ccc(-c2cc(-c3cc(C(F)(F)F)cc(C(F)(F)F)c3)cc(N(c3ccc(N(c4cccnc4)c4cc(-c5ccc(OC)cc5)cc(-c5cc(C(F)(F)F)cc(C(F)(F)F)c5)c4)cc3)c3cccnc3)c2)cc1. The van der Waals surface area contributed by atoms with E-state index in [0.717, 1.165) is 0 Å². The normalized spacial score (nSPS) is 12.1. The molecule has 386 valence electrons. The number of pyridine rings is 2. The predicted molar refractivity (Wildman–Crippen MR) is 266 cm³/mol. The van der Waals surface area contributed by atoms with Crippen LogP contribution in [0.4, 0.5) is 86.8 Å². The van der Waals surface area contributed by atoms with Gasteiger partial charge in [-0.2, -0.15) is 52.7 Å². The van der Waals surface area contributed by atoms with E-state index in [4.69, 9.17) is 9.47 Å². The Labute approximate surface area is 426 Å². The Bertz CT molecular complexity index is 3200. The Hall–Kier alpha value is -8.80. The molecule has 0 saturated carbocycles. The molecule has 7 aromatic carbocycles. The summed E-state index contributed by atoms with van der Waals surface area (Å²) >= 11 is 0. The molecule has 9 rings (SSSR count). The third kappa shape index (κ3) is 11.4. The summed E-state index contributed by atoms with van der Waals surface area (Å²) in [5.41, 5.74) is -2.62. The molecule has 0 radical (unpaired) electrons. The number of benzene rings is 7. The largest absolute Gasteiger partial charge is 0.497 e.